The number of benzene rings is 2. The van der Waals surface area contributed by atoms with Gasteiger partial charge in [-0.2, -0.15) is 0 Å². The Hall–Kier alpha value is -1.84. The maximum atomic E-state index is 6.20. The van der Waals surface area contributed by atoms with Gasteiger partial charge in [0, 0.05) is 31.0 Å². The molecule has 2 heterocycles. The van der Waals surface area contributed by atoms with Gasteiger partial charge in [0.15, 0.2) is 0 Å². The van der Waals surface area contributed by atoms with Crippen molar-refractivity contribution >= 4 is 11.4 Å². The van der Waals surface area contributed by atoms with Gasteiger partial charge in [-0.25, -0.2) is 0 Å². The van der Waals surface area contributed by atoms with E-state index in [0.717, 1.165) is 45.0 Å². The Morgan fingerprint density at radius 3 is 2.15 bits per heavy atom. The molecule has 0 spiro atoms. The smallest absolute Gasteiger partial charge is 0.0881 e. The highest BCUT2D eigenvalue weighted by atomic mass is 16.5. The van der Waals surface area contributed by atoms with Gasteiger partial charge in [0.05, 0.1) is 19.3 Å². The van der Waals surface area contributed by atoms with E-state index in [0.29, 0.717) is 0 Å². The number of rotatable bonds is 4. The molecule has 1 aliphatic carbocycles. The minimum atomic E-state index is 0.279. The largest absolute Gasteiger partial charge is 0.374 e. The highest BCUT2D eigenvalue weighted by molar-refractivity contribution is 5.71. The number of nitrogens with zero attached hydrogens (tertiary/aromatic N) is 2. The predicted octanol–water partition coefficient (Wildman–Crippen LogP) is 4.03. The highest BCUT2D eigenvalue weighted by Gasteiger charge is 2.30. The van der Waals surface area contributed by atoms with Crippen LogP contribution in [0.2, 0.25) is 0 Å². The Balaban J connectivity index is 1.41. The summed E-state index contributed by atoms with van der Waals surface area (Å²) >= 11 is 0. The average molecular weight is 348 g/mol. The van der Waals surface area contributed by atoms with Gasteiger partial charge in [0.1, 0.15) is 0 Å². The molecule has 0 N–H and O–H groups in total. The third-order valence-electron chi connectivity index (χ3n) is 6.05. The van der Waals surface area contributed by atoms with Crippen molar-refractivity contribution in [3.05, 3.63) is 59.7 Å². The molecule has 2 aromatic rings. The van der Waals surface area contributed by atoms with Gasteiger partial charge >= 0.3 is 0 Å². The first-order valence-electron chi connectivity index (χ1n) is 10.1. The molecule has 2 aliphatic heterocycles. The molecule has 2 aromatic carbocycles. The Labute approximate surface area is 156 Å². The third-order valence-corrected chi connectivity index (χ3v) is 6.05. The number of aryl methyl sites for hydroxylation is 2. The Bertz CT molecular complexity index is 723. The molecule has 1 saturated carbocycles. The van der Waals surface area contributed by atoms with Crippen molar-refractivity contribution in [2.24, 2.45) is 5.92 Å². The molecule has 1 saturated heterocycles. The lowest BCUT2D eigenvalue weighted by atomic mass is 10.0. The van der Waals surface area contributed by atoms with Crippen molar-refractivity contribution in [3.63, 3.8) is 0 Å². The SMILES string of the molecule is c1ccc2c(c1)CCc1ccccc1N2CC1CN(CC2CC2)CCO1. The lowest BCUT2D eigenvalue weighted by Gasteiger charge is -2.37. The zero-order valence-electron chi connectivity index (χ0n) is 15.4. The molecule has 0 radical (unpaired) electrons. The fraction of sp³-hybridized carbons (Fsp3) is 0.478. The first-order valence-corrected chi connectivity index (χ1v) is 10.1. The lowest BCUT2D eigenvalue weighted by Crippen LogP contribution is -2.47. The molecule has 0 bridgehead atoms. The van der Waals surface area contributed by atoms with Crippen molar-refractivity contribution in [2.45, 2.75) is 31.8 Å². The van der Waals surface area contributed by atoms with Crippen LogP contribution in [0, 0.1) is 5.92 Å². The number of hydrogen-bond acceptors (Lipinski definition) is 3. The van der Waals surface area contributed by atoms with Crippen LogP contribution < -0.4 is 4.90 Å². The molecule has 0 amide bonds. The molecule has 3 heteroatoms. The zero-order chi connectivity index (χ0) is 17.3. The van der Waals surface area contributed by atoms with E-state index >= 15 is 0 Å². The summed E-state index contributed by atoms with van der Waals surface area (Å²) in [6.45, 7) is 5.24. The van der Waals surface area contributed by atoms with Crippen LogP contribution in [0.1, 0.15) is 24.0 Å². The van der Waals surface area contributed by atoms with Gasteiger partial charge in [-0.3, -0.25) is 4.90 Å². The van der Waals surface area contributed by atoms with Crippen LogP contribution in [-0.4, -0.2) is 43.8 Å². The molecule has 3 aliphatic rings. The summed E-state index contributed by atoms with van der Waals surface area (Å²) < 4.78 is 6.20. The Morgan fingerprint density at radius 1 is 0.846 bits per heavy atom. The normalized spacial score (nSPS) is 23.2. The minimum absolute atomic E-state index is 0.279. The first kappa shape index (κ1) is 16.3. The van der Waals surface area contributed by atoms with E-state index in [1.807, 2.05) is 0 Å². The topological polar surface area (TPSA) is 15.7 Å². The lowest BCUT2D eigenvalue weighted by molar-refractivity contribution is -0.0243. The van der Waals surface area contributed by atoms with Gasteiger partial charge in [-0.05, 0) is 54.9 Å². The second-order valence-corrected chi connectivity index (χ2v) is 8.06. The molecule has 26 heavy (non-hydrogen) atoms. The molecular formula is C23H28N2O. The van der Waals surface area contributed by atoms with Crippen LogP contribution in [0.25, 0.3) is 0 Å². The van der Waals surface area contributed by atoms with E-state index < -0.39 is 0 Å². The fourth-order valence-electron chi connectivity index (χ4n) is 4.49. The fourth-order valence-corrected chi connectivity index (χ4v) is 4.49. The van der Waals surface area contributed by atoms with Crippen molar-refractivity contribution in [1.29, 1.82) is 0 Å². The molecule has 3 nitrogen and oxygen atoms in total. The molecule has 2 fully saturated rings. The van der Waals surface area contributed by atoms with Gasteiger partial charge in [-0.15, -0.1) is 0 Å². The molecule has 1 atom stereocenters. The second kappa shape index (κ2) is 7.05. The average Bonchev–Trinajstić information content (AvgIpc) is 3.50. The van der Waals surface area contributed by atoms with Gasteiger partial charge in [0.25, 0.3) is 0 Å². The van der Waals surface area contributed by atoms with E-state index in [4.69, 9.17) is 4.74 Å². The van der Waals surface area contributed by atoms with Gasteiger partial charge in [0.2, 0.25) is 0 Å². The van der Waals surface area contributed by atoms with Crippen molar-refractivity contribution in [3.8, 4) is 0 Å². The maximum Gasteiger partial charge on any atom is 0.0881 e. The number of hydrogen-bond donors (Lipinski definition) is 0. The summed E-state index contributed by atoms with van der Waals surface area (Å²) in [6.07, 6.45) is 5.36. The molecule has 136 valence electrons. The van der Waals surface area contributed by atoms with E-state index in [-0.39, 0.29) is 6.10 Å². The summed E-state index contributed by atoms with van der Waals surface area (Å²) in [4.78, 5) is 5.14. The van der Waals surface area contributed by atoms with Crippen LogP contribution >= 0.6 is 0 Å². The quantitative estimate of drug-likeness (QED) is 0.829. The van der Waals surface area contributed by atoms with Crippen LogP contribution in [0.5, 0.6) is 0 Å². The van der Waals surface area contributed by atoms with Crippen molar-refractivity contribution in [2.75, 3.05) is 37.7 Å². The van der Waals surface area contributed by atoms with Gasteiger partial charge in [-0.1, -0.05) is 36.4 Å². The van der Waals surface area contributed by atoms with E-state index in [1.165, 1.54) is 41.9 Å². The zero-order valence-corrected chi connectivity index (χ0v) is 15.4. The number of para-hydroxylation sites is 2. The van der Waals surface area contributed by atoms with E-state index in [1.54, 1.807) is 0 Å². The molecule has 1 unspecified atom stereocenters. The summed E-state index contributed by atoms with van der Waals surface area (Å²) in [7, 11) is 0. The van der Waals surface area contributed by atoms with Crippen molar-refractivity contribution < 1.29 is 4.74 Å². The standard InChI is InChI=1S/C23H28N2O/c1-3-7-22-19(5-1)11-12-20-6-2-4-8-23(20)25(22)17-21-16-24(13-14-26-21)15-18-9-10-18/h1-8,18,21H,9-17H2. The number of ether oxygens (including phenoxy) is 1. The summed E-state index contributed by atoms with van der Waals surface area (Å²) in [5.41, 5.74) is 5.63. The number of morpholine rings is 1. The first-order chi connectivity index (χ1) is 12.9. The maximum absolute atomic E-state index is 6.20. The Kier molecular flexibility index (Phi) is 4.43. The number of fused-ring (bicyclic) bond motifs is 2. The van der Waals surface area contributed by atoms with Gasteiger partial charge < -0.3 is 9.64 Å². The van der Waals surface area contributed by atoms with E-state index in [2.05, 4.69) is 58.3 Å². The van der Waals surface area contributed by atoms with Crippen LogP contribution in [0.3, 0.4) is 0 Å². The van der Waals surface area contributed by atoms with Crippen molar-refractivity contribution in [1.82, 2.24) is 4.90 Å². The summed E-state index contributed by atoms with van der Waals surface area (Å²) in [5, 5.41) is 0. The van der Waals surface area contributed by atoms with E-state index in [9.17, 15) is 0 Å². The molecule has 0 aromatic heterocycles. The van der Waals surface area contributed by atoms with Crippen LogP contribution in [0.15, 0.2) is 48.5 Å². The predicted molar refractivity (Wildman–Crippen MR) is 106 cm³/mol. The molecular weight excluding hydrogens is 320 g/mol. The summed E-state index contributed by atoms with van der Waals surface area (Å²) in [5.74, 6) is 0.952. The molecule has 5 rings (SSSR count). The second-order valence-electron chi connectivity index (χ2n) is 8.06. The Morgan fingerprint density at radius 2 is 1.50 bits per heavy atom. The van der Waals surface area contributed by atoms with Crippen LogP contribution in [0.4, 0.5) is 11.4 Å². The summed E-state index contributed by atoms with van der Waals surface area (Å²) in [6, 6.07) is 17.8. The monoisotopic (exact) mass is 348 g/mol. The number of anilines is 2. The third kappa shape index (κ3) is 3.38. The van der Waals surface area contributed by atoms with Crippen LogP contribution in [-0.2, 0) is 17.6 Å². The minimum Gasteiger partial charge on any atom is -0.374 e. The highest BCUT2D eigenvalue weighted by Crippen LogP contribution is 2.36.